The number of thiophene rings is 1. The summed E-state index contributed by atoms with van der Waals surface area (Å²) in [6, 6.07) is 6.86. The molecule has 0 amide bonds. The SMILES string of the molecule is CCCNC(c1csc(C)c1)c1ccc(Cl)cc1F. The molecular formula is C15H17ClFNS. The smallest absolute Gasteiger partial charge is 0.129 e. The largest absolute Gasteiger partial charge is 0.306 e. The predicted octanol–water partition coefficient (Wildman–Crippen LogP) is 4.94. The van der Waals surface area contributed by atoms with Gasteiger partial charge in [-0.25, -0.2) is 4.39 Å². The van der Waals surface area contributed by atoms with Crippen molar-refractivity contribution in [3.8, 4) is 0 Å². The molecule has 2 aromatic rings. The highest BCUT2D eigenvalue weighted by Gasteiger charge is 2.18. The lowest BCUT2D eigenvalue weighted by molar-refractivity contribution is 0.547. The van der Waals surface area contributed by atoms with Gasteiger partial charge in [0, 0.05) is 15.5 Å². The Morgan fingerprint density at radius 3 is 2.74 bits per heavy atom. The average Bonchev–Trinajstić information content (AvgIpc) is 2.78. The summed E-state index contributed by atoms with van der Waals surface area (Å²) in [5.41, 5.74) is 1.76. The lowest BCUT2D eigenvalue weighted by Gasteiger charge is -2.19. The number of hydrogen-bond donors (Lipinski definition) is 1. The minimum atomic E-state index is -0.259. The summed E-state index contributed by atoms with van der Waals surface area (Å²) >= 11 is 7.50. The second kappa shape index (κ2) is 6.51. The normalized spacial score (nSPS) is 12.6. The summed E-state index contributed by atoms with van der Waals surface area (Å²) in [5.74, 6) is -0.259. The van der Waals surface area contributed by atoms with Gasteiger partial charge in [-0.2, -0.15) is 0 Å². The molecule has 1 atom stereocenters. The number of halogens is 2. The molecule has 0 aliphatic rings. The van der Waals surface area contributed by atoms with Crippen LogP contribution in [0.1, 0.15) is 35.4 Å². The van der Waals surface area contributed by atoms with E-state index in [4.69, 9.17) is 11.6 Å². The molecule has 2 rings (SSSR count). The molecule has 4 heteroatoms. The van der Waals surface area contributed by atoms with E-state index in [0.717, 1.165) is 18.5 Å². The highest BCUT2D eigenvalue weighted by Crippen LogP contribution is 2.29. The van der Waals surface area contributed by atoms with Gasteiger partial charge in [0.05, 0.1) is 6.04 Å². The fraction of sp³-hybridized carbons (Fsp3) is 0.333. The van der Waals surface area contributed by atoms with E-state index in [1.807, 2.05) is 0 Å². The molecule has 0 saturated heterocycles. The first-order chi connectivity index (χ1) is 9.11. The quantitative estimate of drug-likeness (QED) is 0.824. The van der Waals surface area contributed by atoms with Crippen LogP contribution in [-0.4, -0.2) is 6.54 Å². The molecule has 1 N–H and O–H groups in total. The van der Waals surface area contributed by atoms with Gasteiger partial charge in [0.2, 0.25) is 0 Å². The van der Waals surface area contributed by atoms with Crippen LogP contribution < -0.4 is 5.32 Å². The van der Waals surface area contributed by atoms with Gasteiger partial charge in [-0.15, -0.1) is 11.3 Å². The van der Waals surface area contributed by atoms with Crippen LogP contribution in [0.2, 0.25) is 5.02 Å². The summed E-state index contributed by atoms with van der Waals surface area (Å²) in [7, 11) is 0. The van der Waals surface area contributed by atoms with Gasteiger partial charge >= 0.3 is 0 Å². The molecule has 0 radical (unpaired) electrons. The summed E-state index contributed by atoms with van der Waals surface area (Å²) in [6.45, 7) is 5.01. The number of aryl methyl sites for hydroxylation is 1. The second-order valence-corrected chi connectivity index (χ2v) is 6.10. The van der Waals surface area contributed by atoms with Gasteiger partial charge in [0.25, 0.3) is 0 Å². The number of rotatable bonds is 5. The maximum absolute atomic E-state index is 14.1. The van der Waals surface area contributed by atoms with Crippen molar-refractivity contribution < 1.29 is 4.39 Å². The van der Waals surface area contributed by atoms with Crippen LogP contribution in [0.5, 0.6) is 0 Å². The van der Waals surface area contributed by atoms with Gasteiger partial charge in [-0.05, 0) is 49.0 Å². The Morgan fingerprint density at radius 1 is 1.37 bits per heavy atom. The fourth-order valence-electron chi connectivity index (χ4n) is 2.05. The van der Waals surface area contributed by atoms with Crippen LogP contribution in [0.4, 0.5) is 4.39 Å². The van der Waals surface area contributed by atoms with E-state index in [-0.39, 0.29) is 11.9 Å². The first-order valence-electron chi connectivity index (χ1n) is 6.35. The standard InChI is InChI=1S/C15H17ClFNS/c1-3-6-18-15(11-7-10(2)19-9-11)13-5-4-12(16)8-14(13)17/h4-5,7-9,15,18H,3,6H2,1-2H3. The van der Waals surface area contributed by atoms with Gasteiger partial charge in [0.1, 0.15) is 5.82 Å². The van der Waals surface area contributed by atoms with Crippen molar-refractivity contribution in [2.24, 2.45) is 0 Å². The van der Waals surface area contributed by atoms with E-state index in [1.165, 1.54) is 10.9 Å². The summed E-state index contributed by atoms with van der Waals surface area (Å²) in [5, 5.41) is 5.91. The maximum atomic E-state index is 14.1. The van der Waals surface area contributed by atoms with Crippen LogP contribution in [0.25, 0.3) is 0 Å². The van der Waals surface area contributed by atoms with Gasteiger partial charge < -0.3 is 5.32 Å². The van der Waals surface area contributed by atoms with Crippen LogP contribution in [0.15, 0.2) is 29.6 Å². The third kappa shape index (κ3) is 3.56. The molecule has 19 heavy (non-hydrogen) atoms. The van der Waals surface area contributed by atoms with E-state index in [2.05, 4.69) is 30.6 Å². The van der Waals surface area contributed by atoms with E-state index in [9.17, 15) is 4.39 Å². The van der Waals surface area contributed by atoms with Crippen molar-refractivity contribution in [1.29, 1.82) is 0 Å². The van der Waals surface area contributed by atoms with Crippen LogP contribution in [0.3, 0.4) is 0 Å². The minimum absolute atomic E-state index is 0.109. The molecule has 1 heterocycles. The van der Waals surface area contributed by atoms with Crippen LogP contribution in [0, 0.1) is 12.7 Å². The predicted molar refractivity (Wildman–Crippen MR) is 80.6 cm³/mol. The van der Waals surface area contributed by atoms with Gasteiger partial charge in [0.15, 0.2) is 0 Å². The topological polar surface area (TPSA) is 12.0 Å². The van der Waals surface area contributed by atoms with Crippen molar-refractivity contribution in [2.45, 2.75) is 26.3 Å². The Labute approximate surface area is 122 Å². The summed E-state index contributed by atoms with van der Waals surface area (Å²) in [4.78, 5) is 1.23. The fourth-order valence-corrected chi connectivity index (χ4v) is 2.94. The summed E-state index contributed by atoms with van der Waals surface area (Å²) < 4.78 is 14.1. The molecule has 0 aliphatic carbocycles. The Hall–Kier alpha value is -0.900. The highest BCUT2D eigenvalue weighted by atomic mass is 35.5. The van der Waals surface area contributed by atoms with E-state index >= 15 is 0 Å². The molecule has 0 fully saturated rings. The Kier molecular flexibility index (Phi) is 4.97. The summed E-state index contributed by atoms with van der Waals surface area (Å²) in [6.07, 6.45) is 1.01. The number of hydrogen-bond acceptors (Lipinski definition) is 2. The second-order valence-electron chi connectivity index (χ2n) is 4.54. The van der Waals surface area contributed by atoms with Crippen LogP contribution >= 0.6 is 22.9 Å². The highest BCUT2D eigenvalue weighted by molar-refractivity contribution is 7.10. The first-order valence-corrected chi connectivity index (χ1v) is 7.61. The molecule has 1 unspecified atom stereocenters. The molecule has 1 aromatic carbocycles. The molecule has 1 nitrogen and oxygen atoms in total. The number of nitrogens with one attached hydrogen (secondary N) is 1. The van der Waals surface area contributed by atoms with Crippen molar-refractivity contribution >= 4 is 22.9 Å². The van der Waals surface area contributed by atoms with Crippen molar-refractivity contribution in [3.63, 3.8) is 0 Å². The lowest BCUT2D eigenvalue weighted by Crippen LogP contribution is -2.23. The third-order valence-electron chi connectivity index (χ3n) is 2.96. The average molecular weight is 298 g/mol. The molecule has 1 aromatic heterocycles. The number of benzene rings is 1. The molecule has 0 bridgehead atoms. The minimum Gasteiger partial charge on any atom is -0.306 e. The van der Waals surface area contributed by atoms with Crippen LogP contribution in [-0.2, 0) is 0 Å². The Morgan fingerprint density at radius 2 is 2.16 bits per heavy atom. The van der Waals surface area contributed by atoms with Gasteiger partial charge in [-0.1, -0.05) is 24.6 Å². The molecule has 0 saturated carbocycles. The van der Waals surface area contributed by atoms with Crippen molar-refractivity contribution in [1.82, 2.24) is 5.32 Å². The Balaban J connectivity index is 2.36. The molecular weight excluding hydrogens is 281 g/mol. The maximum Gasteiger partial charge on any atom is 0.129 e. The zero-order valence-corrected chi connectivity index (χ0v) is 12.6. The van der Waals surface area contributed by atoms with Crippen molar-refractivity contribution in [2.75, 3.05) is 6.54 Å². The van der Waals surface area contributed by atoms with E-state index < -0.39 is 0 Å². The Bertz CT molecular complexity index is 553. The zero-order valence-electron chi connectivity index (χ0n) is 11.0. The monoisotopic (exact) mass is 297 g/mol. The van der Waals surface area contributed by atoms with E-state index in [0.29, 0.717) is 10.6 Å². The van der Waals surface area contributed by atoms with E-state index in [1.54, 1.807) is 23.5 Å². The third-order valence-corrected chi connectivity index (χ3v) is 4.07. The zero-order chi connectivity index (χ0) is 13.8. The lowest BCUT2D eigenvalue weighted by atomic mass is 10.00. The van der Waals surface area contributed by atoms with Gasteiger partial charge in [-0.3, -0.25) is 0 Å². The van der Waals surface area contributed by atoms with Crippen molar-refractivity contribution in [3.05, 3.63) is 56.5 Å². The first kappa shape index (κ1) is 14.5. The molecule has 0 aliphatic heterocycles. The molecule has 102 valence electrons. The molecule has 0 spiro atoms.